The Balaban J connectivity index is 0.996. The van der Waals surface area contributed by atoms with E-state index >= 15 is 0 Å². The Morgan fingerprint density at radius 3 is 1.37 bits per heavy atom. The molecule has 0 saturated heterocycles. The number of anilines is 3. The zero-order valence-corrected chi connectivity index (χ0v) is 33.0. The number of rotatable bonds is 8. The lowest BCUT2D eigenvalue weighted by Gasteiger charge is -2.28. The first-order valence-corrected chi connectivity index (χ1v) is 20.6. The van der Waals surface area contributed by atoms with Crippen molar-refractivity contribution in [3.8, 4) is 50.2 Å². The Hall–Kier alpha value is -7.94. The Bertz CT molecular complexity index is 3230. The normalized spacial score (nSPS) is 11.3. The molecule has 282 valence electrons. The lowest BCUT2D eigenvalue weighted by Crippen LogP contribution is -2.11. The lowest BCUT2D eigenvalue weighted by atomic mass is 9.95. The number of hydrogen-bond acceptors (Lipinski definition) is 1. The molecule has 2 nitrogen and oxygen atoms in total. The first kappa shape index (κ1) is 35.2. The number of para-hydroxylation sites is 3. The fraction of sp³-hybridized carbons (Fsp3) is 0. The van der Waals surface area contributed by atoms with Crippen LogP contribution in [0.1, 0.15) is 0 Å². The van der Waals surface area contributed by atoms with Crippen LogP contribution in [0.4, 0.5) is 17.1 Å². The van der Waals surface area contributed by atoms with E-state index < -0.39 is 0 Å². The summed E-state index contributed by atoms with van der Waals surface area (Å²) in [4.78, 5) is 2.40. The van der Waals surface area contributed by atoms with E-state index in [0.29, 0.717) is 0 Å². The Kier molecular flexibility index (Phi) is 8.87. The van der Waals surface area contributed by atoms with E-state index in [1.165, 1.54) is 71.5 Å². The monoisotopic (exact) mass is 764 g/mol. The minimum Gasteiger partial charge on any atom is -0.310 e. The van der Waals surface area contributed by atoms with Crippen LogP contribution in [0.2, 0.25) is 0 Å². The zero-order valence-electron chi connectivity index (χ0n) is 33.0. The maximum atomic E-state index is 2.40. The molecule has 0 aliphatic carbocycles. The van der Waals surface area contributed by atoms with Gasteiger partial charge in [0.05, 0.1) is 16.7 Å². The summed E-state index contributed by atoms with van der Waals surface area (Å²) in [6.07, 6.45) is 0. The van der Waals surface area contributed by atoms with E-state index in [1.807, 2.05) is 0 Å². The molecule has 11 aromatic rings. The molecule has 10 aromatic carbocycles. The SMILES string of the molecule is c1ccc(-c2ccc(-c3ccc(N(c4ccc(-c5cccc(-n6c7ccccc7c7ccccc76)c5)cc4)c4ccccc4-c4cccc5ccccc45)cc3)cc2)cc1. The molecule has 0 fully saturated rings. The molecule has 0 radical (unpaired) electrons. The standard InChI is InChI=1S/C58H40N2/c1-2-14-41(15-3-1)42-28-30-43(31-29-42)44-32-36-48(37-33-44)59(56-25-9-6-21-53(56)52-24-13-17-46-16-4-5-20-51(46)52)49-38-34-45(35-39-49)47-18-12-19-50(40-47)60-57-26-10-7-22-54(57)55-23-8-11-27-58(55)60/h1-40H. The van der Waals surface area contributed by atoms with Gasteiger partial charge in [-0.1, -0.05) is 188 Å². The maximum absolute atomic E-state index is 2.40. The first-order chi connectivity index (χ1) is 29.8. The van der Waals surface area contributed by atoms with Gasteiger partial charge in [-0.3, -0.25) is 0 Å². The molecule has 11 rings (SSSR count). The Morgan fingerprint density at radius 2 is 0.717 bits per heavy atom. The second kappa shape index (κ2) is 15.1. The summed E-state index contributed by atoms with van der Waals surface area (Å²) >= 11 is 0. The van der Waals surface area contributed by atoms with E-state index in [1.54, 1.807) is 0 Å². The van der Waals surface area contributed by atoms with Gasteiger partial charge < -0.3 is 9.47 Å². The minimum atomic E-state index is 1.09. The van der Waals surface area contributed by atoms with Crippen LogP contribution in [-0.4, -0.2) is 4.57 Å². The van der Waals surface area contributed by atoms with Crippen LogP contribution in [0.3, 0.4) is 0 Å². The van der Waals surface area contributed by atoms with E-state index in [-0.39, 0.29) is 0 Å². The molecular weight excluding hydrogens is 725 g/mol. The smallest absolute Gasteiger partial charge is 0.0541 e. The van der Waals surface area contributed by atoms with Crippen molar-refractivity contribution in [2.75, 3.05) is 4.90 Å². The molecule has 0 spiro atoms. The van der Waals surface area contributed by atoms with Crippen molar-refractivity contribution in [2.45, 2.75) is 0 Å². The van der Waals surface area contributed by atoms with Gasteiger partial charge in [-0.25, -0.2) is 0 Å². The predicted molar refractivity (Wildman–Crippen MR) is 255 cm³/mol. The van der Waals surface area contributed by atoms with Gasteiger partial charge in [-0.2, -0.15) is 0 Å². The number of nitrogens with zero attached hydrogens (tertiary/aromatic N) is 2. The van der Waals surface area contributed by atoms with Gasteiger partial charge in [0, 0.05) is 33.4 Å². The van der Waals surface area contributed by atoms with Gasteiger partial charge in [0.15, 0.2) is 0 Å². The van der Waals surface area contributed by atoms with E-state index in [9.17, 15) is 0 Å². The molecule has 0 aliphatic rings. The molecule has 0 unspecified atom stereocenters. The van der Waals surface area contributed by atoms with Crippen LogP contribution in [0, 0.1) is 0 Å². The Morgan fingerprint density at radius 1 is 0.283 bits per heavy atom. The summed E-state index contributed by atoms with van der Waals surface area (Å²) in [6, 6.07) is 87.8. The van der Waals surface area contributed by atoms with Crippen LogP contribution in [-0.2, 0) is 0 Å². The summed E-state index contributed by atoms with van der Waals surface area (Å²) < 4.78 is 2.38. The molecule has 0 atom stereocenters. The zero-order chi connectivity index (χ0) is 39.8. The lowest BCUT2D eigenvalue weighted by molar-refractivity contribution is 1.18. The molecule has 1 aromatic heterocycles. The molecule has 0 saturated carbocycles. The van der Waals surface area contributed by atoms with Crippen LogP contribution >= 0.6 is 0 Å². The van der Waals surface area contributed by atoms with Crippen LogP contribution < -0.4 is 4.90 Å². The average molecular weight is 765 g/mol. The van der Waals surface area contributed by atoms with Gasteiger partial charge in [-0.15, -0.1) is 0 Å². The second-order valence-electron chi connectivity index (χ2n) is 15.3. The predicted octanol–water partition coefficient (Wildman–Crippen LogP) is 16.1. The van der Waals surface area contributed by atoms with Crippen LogP contribution in [0.5, 0.6) is 0 Å². The molecule has 60 heavy (non-hydrogen) atoms. The van der Waals surface area contributed by atoms with Crippen molar-refractivity contribution in [1.82, 2.24) is 4.57 Å². The summed E-state index contributed by atoms with van der Waals surface area (Å²) in [5, 5.41) is 4.99. The van der Waals surface area contributed by atoms with E-state index in [2.05, 4.69) is 252 Å². The molecule has 0 N–H and O–H groups in total. The quantitative estimate of drug-likeness (QED) is 0.150. The summed E-state index contributed by atoms with van der Waals surface area (Å²) in [7, 11) is 0. The third kappa shape index (κ3) is 6.32. The van der Waals surface area contributed by atoms with Crippen LogP contribution in [0.25, 0.3) is 82.8 Å². The number of fused-ring (bicyclic) bond motifs is 4. The molecule has 0 aliphatic heterocycles. The third-order valence-electron chi connectivity index (χ3n) is 11.8. The molecular formula is C58H40N2. The van der Waals surface area contributed by atoms with Gasteiger partial charge >= 0.3 is 0 Å². The van der Waals surface area contributed by atoms with Gasteiger partial charge in [-0.05, 0) is 104 Å². The van der Waals surface area contributed by atoms with Crippen molar-refractivity contribution >= 4 is 49.6 Å². The molecule has 1 heterocycles. The minimum absolute atomic E-state index is 1.09. The van der Waals surface area contributed by atoms with Gasteiger partial charge in [0.2, 0.25) is 0 Å². The van der Waals surface area contributed by atoms with E-state index in [4.69, 9.17) is 0 Å². The van der Waals surface area contributed by atoms with Gasteiger partial charge in [0.25, 0.3) is 0 Å². The largest absolute Gasteiger partial charge is 0.310 e. The number of aromatic nitrogens is 1. The molecule has 0 bridgehead atoms. The number of hydrogen-bond donors (Lipinski definition) is 0. The molecule has 0 amide bonds. The topological polar surface area (TPSA) is 8.17 Å². The highest BCUT2D eigenvalue weighted by atomic mass is 15.1. The average Bonchev–Trinajstić information content (AvgIpc) is 3.67. The van der Waals surface area contributed by atoms with Crippen molar-refractivity contribution in [2.24, 2.45) is 0 Å². The van der Waals surface area contributed by atoms with E-state index in [0.717, 1.165) is 28.3 Å². The highest BCUT2D eigenvalue weighted by Crippen LogP contribution is 2.44. The highest BCUT2D eigenvalue weighted by Gasteiger charge is 2.19. The van der Waals surface area contributed by atoms with Crippen molar-refractivity contribution < 1.29 is 0 Å². The van der Waals surface area contributed by atoms with Crippen molar-refractivity contribution in [3.63, 3.8) is 0 Å². The fourth-order valence-electron chi connectivity index (χ4n) is 8.90. The summed E-state index contributed by atoms with van der Waals surface area (Å²) in [5.41, 5.74) is 16.4. The van der Waals surface area contributed by atoms with Crippen molar-refractivity contribution in [3.05, 3.63) is 243 Å². The summed E-state index contributed by atoms with van der Waals surface area (Å²) in [6.45, 7) is 0. The Labute approximate surface area is 350 Å². The summed E-state index contributed by atoms with van der Waals surface area (Å²) in [5.74, 6) is 0. The number of benzene rings is 10. The second-order valence-corrected chi connectivity index (χ2v) is 15.3. The maximum Gasteiger partial charge on any atom is 0.0541 e. The molecule has 2 heteroatoms. The third-order valence-corrected chi connectivity index (χ3v) is 11.8. The fourth-order valence-corrected chi connectivity index (χ4v) is 8.90. The first-order valence-electron chi connectivity index (χ1n) is 20.6. The van der Waals surface area contributed by atoms with Gasteiger partial charge in [0.1, 0.15) is 0 Å². The highest BCUT2D eigenvalue weighted by molar-refractivity contribution is 6.09. The van der Waals surface area contributed by atoms with Crippen molar-refractivity contribution in [1.29, 1.82) is 0 Å². The van der Waals surface area contributed by atoms with Crippen LogP contribution in [0.15, 0.2) is 243 Å².